The molecule has 14 heteroatoms. The predicted molar refractivity (Wildman–Crippen MR) is 584 cm³/mol. The molecule has 22 bridgehead atoms. The summed E-state index contributed by atoms with van der Waals surface area (Å²) in [5.74, 6) is 16.7. The lowest BCUT2D eigenvalue weighted by molar-refractivity contribution is -0.157. The highest BCUT2D eigenvalue weighted by molar-refractivity contribution is 5.76. The monoisotopic (exact) mass is 2000 g/mol. The SMILES string of the molecule is CC(=O)CCC1=CCC2CC1C2(C)C.CC(=O)CCC1=CC[C@@H]2C[C@H]1C2(C)C.CC1(C)C2CCC(CO)C1C2.CC1(C)[C@H]2CC[C@H](CO)[C@@H]1C2.CC1C(O)CC2CC1C2(C)C.CCC(=O)OC1CC2CCC1(C)C2(C)C.CCC(=O)OC1C[C@@H]2CC[C@@]1(C)C2(C)C.CCC(=O)OC1C[C@@H]2CC[C@@]1(C)C2(C)C.CCC1(O)C2(C)CCC(C2)C1(C)C.CCC1(O)C2(C)CCC(C2)C1(C)C.C[C@@H]1[C@@H](O)C[C@H]2C[C@@H]1C2(C)C. The van der Waals surface area contributed by atoms with Crippen LogP contribution in [0.15, 0.2) is 23.3 Å². The van der Waals surface area contributed by atoms with Gasteiger partial charge < -0.3 is 54.4 Å². The van der Waals surface area contributed by atoms with Gasteiger partial charge in [-0.2, -0.15) is 0 Å². The van der Waals surface area contributed by atoms with Gasteiger partial charge >= 0.3 is 17.9 Å². The Labute approximate surface area is 875 Å². The number of rotatable bonds is 16. The standard InChI is InChI=1S/3C13H22O2.2C13H20O.2C12H22O.4C10H18O/c3*1-5-11(14)15-10-8-9-6-7-13(10,4)12(9,2)3;2*1-9(14)4-5-10-6-7-11-8-12(10)13(11,2)3;2*1-5-12(13)10(2,3)9-6-7-11(12,4)8-9;2*1-6-8-4-7(5-9(6)11)10(8,2)3;2*1-10(2)8-4-3-7(6-11)9(10)5-8/h3*9-10H,5-8H2,1-4H3;2*6,11-12H,4-5,7-8H2,1-3H3;2*9,13H,5-8H2,1-4H3;2*6-9,11H,4-5H2,1-3H3;2*7-9,11H,3-6H2,1-2H3/t2*9-,10?,13+;;11-,12-;;;;6-,7+,8-,9-;;7-,8+,9+;/m00.1...0.1./s1. The second-order valence-corrected chi connectivity index (χ2v) is 60.6. The molecule has 0 amide bonds. The Balaban J connectivity index is 0.000000141. The summed E-state index contributed by atoms with van der Waals surface area (Å²) in [5, 5.41) is 59.0. The number of Topliss-reactive ketones (excluding diaryl/α,β-unsaturated/α-hetero) is 2. The Hall–Kier alpha value is -3.01. The van der Waals surface area contributed by atoms with Gasteiger partial charge in [0.1, 0.15) is 29.9 Å². The van der Waals surface area contributed by atoms with Crippen LogP contribution in [0.1, 0.15) is 493 Å². The summed E-state index contributed by atoms with van der Waals surface area (Å²) >= 11 is 0. The lowest BCUT2D eigenvalue weighted by Gasteiger charge is -2.61. The Morgan fingerprint density at radius 1 is 0.322 bits per heavy atom. The molecule has 0 aromatic rings. The van der Waals surface area contributed by atoms with E-state index in [9.17, 15) is 44.4 Å². The van der Waals surface area contributed by atoms with Crippen LogP contribution in [0.2, 0.25) is 0 Å². The van der Waals surface area contributed by atoms with Crippen LogP contribution in [0.3, 0.4) is 0 Å². The molecule has 0 radical (unpaired) electrons. The molecule has 6 N–H and O–H groups in total. The number of fused-ring (bicyclic) bond motifs is 20. The van der Waals surface area contributed by atoms with E-state index in [-0.39, 0.29) is 86.3 Å². The second-order valence-electron chi connectivity index (χ2n) is 60.6. The fourth-order valence-electron chi connectivity index (χ4n) is 37.9. The van der Waals surface area contributed by atoms with E-state index in [1.54, 1.807) is 25.0 Å². The van der Waals surface area contributed by atoms with E-state index in [0.717, 1.165) is 171 Å². The molecule has 20 unspecified atom stereocenters. The van der Waals surface area contributed by atoms with E-state index in [0.29, 0.717) is 116 Å². The fourth-order valence-corrected chi connectivity index (χ4v) is 37.9. The summed E-state index contributed by atoms with van der Waals surface area (Å²) < 4.78 is 16.8. The molecule has 24 saturated carbocycles. The quantitative estimate of drug-likeness (QED) is 0.0479. The molecule has 0 aromatic carbocycles. The zero-order valence-corrected chi connectivity index (χ0v) is 98.9. The van der Waals surface area contributed by atoms with Gasteiger partial charge in [-0.05, 0) is 420 Å². The number of hydrogen-bond donors (Lipinski definition) is 6. The number of hydrogen-bond acceptors (Lipinski definition) is 14. The lowest BCUT2D eigenvalue weighted by Crippen LogP contribution is -2.56. The molecule has 28 rings (SSSR count). The van der Waals surface area contributed by atoms with Crippen LogP contribution >= 0.6 is 0 Å². The third-order valence-corrected chi connectivity index (χ3v) is 52.3. The fraction of sp³-hybridized carbons (Fsp3) is 0.930. The Morgan fingerprint density at radius 3 is 0.776 bits per heavy atom. The molecular weight excluding hydrogens is 1770 g/mol. The van der Waals surface area contributed by atoms with Crippen molar-refractivity contribution in [2.75, 3.05) is 13.2 Å². The molecule has 143 heavy (non-hydrogen) atoms. The van der Waals surface area contributed by atoms with E-state index in [2.05, 4.69) is 227 Å². The van der Waals surface area contributed by atoms with Crippen LogP contribution in [-0.2, 0) is 38.2 Å². The van der Waals surface area contributed by atoms with Crippen molar-refractivity contribution in [2.24, 2.45) is 211 Å². The van der Waals surface area contributed by atoms with Crippen molar-refractivity contribution < 1.29 is 68.8 Å². The predicted octanol–water partition coefficient (Wildman–Crippen LogP) is 30.3. The van der Waals surface area contributed by atoms with Crippen LogP contribution in [0.25, 0.3) is 0 Å². The van der Waals surface area contributed by atoms with Gasteiger partial charge in [0.2, 0.25) is 0 Å². The van der Waals surface area contributed by atoms with Gasteiger partial charge in [0, 0.05) is 61.6 Å². The largest absolute Gasteiger partial charge is 0.462 e. The first-order valence-electron chi connectivity index (χ1n) is 59.9. The molecule has 0 aliphatic heterocycles. The lowest BCUT2D eigenvalue weighted by atomic mass is 9.45. The number of ether oxygens (including phenoxy) is 3. The van der Waals surface area contributed by atoms with E-state index in [1.165, 1.54) is 154 Å². The van der Waals surface area contributed by atoms with Crippen LogP contribution in [-0.4, -0.2) is 115 Å². The summed E-state index contributed by atoms with van der Waals surface area (Å²) in [6, 6.07) is 0. The third kappa shape index (κ3) is 20.8. The first-order chi connectivity index (χ1) is 65.9. The average Bonchev–Trinajstić information content (AvgIpc) is 1.54. The average molecular weight is 2000 g/mol. The Kier molecular flexibility index (Phi) is 35.4. The van der Waals surface area contributed by atoms with Crippen molar-refractivity contribution in [3.63, 3.8) is 0 Å². The highest BCUT2D eigenvalue weighted by Gasteiger charge is 2.71. The van der Waals surface area contributed by atoms with Crippen molar-refractivity contribution in [1.82, 2.24) is 0 Å². The Morgan fingerprint density at radius 2 is 0.601 bits per heavy atom. The Bertz CT molecular complexity index is 4080. The first kappa shape index (κ1) is 119. The molecule has 0 aromatic heterocycles. The van der Waals surface area contributed by atoms with Gasteiger partial charge in [0.05, 0.1) is 23.4 Å². The number of ketones is 2. The van der Waals surface area contributed by atoms with Crippen LogP contribution in [0.4, 0.5) is 0 Å². The zero-order valence-electron chi connectivity index (χ0n) is 98.9. The van der Waals surface area contributed by atoms with Crippen molar-refractivity contribution >= 4 is 29.5 Å². The van der Waals surface area contributed by atoms with Gasteiger partial charge in [0.15, 0.2) is 0 Å². The number of aliphatic hydroxyl groups is 6. The maximum absolute atomic E-state index is 11.4. The highest BCUT2D eigenvalue weighted by atomic mass is 16.6. The van der Waals surface area contributed by atoms with Crippen molar-refractivity contribution in [2.45, 2.75) is 535 Å². The highest BCUT2D eigenvalue weighted by Crippen LogP contribution is 2.75. The number of esters is 3. The topological polar surface area (TPSA) is 234 Å². The number of aliphatic hydroxyl groups excluding tert-OH is 4. The normalized spacial score (nSPS) is 44.7. The van der Waals surface area contributed by atoms with E-state index in [4.69, 9.17) is 24.4 Å². The molecule has 822 valence electrons. The summed E-state index contributed by atoms with van der Waals surface area (Å²) in [5.41, 5.74) is 7.80. The first-order valence-corrected chi connectivity index (χ1v) is 59.9. The molecule has 14 nitrogen and oxygen atoms in total. The number of carbonyl (C=O) groups is 5. The molecule has 0 spiro atoms. The van der Waals surface area contributed by atoms with Gasteiger partial charge in [-0.15, -0.1) is 0 Å². The molecule has 28 aliphatic carbocycles. The summed E-state index contributed by atoms with van der Waals surface area (Å²) in [6.07, 6.45) is 48.6. The third-order valence-electron chi connectivity index (χ3n) is 52.3. The van der Waals surface area contributed by atoms with Crippen LogP contribution in [0, 0.1) is 211 Å². The minimum atomic E-state index is -0.414. The minimum Gasteiger partial charge on any atom is -0.462 e. The maximum Gasteiger partial charge on any atom is 0.305 e. The van der Waals surface area contributed by atoms with Gasteiger partial charge in [-0.25, -0.2) is 0 Å². The molecule has 0 saturated heterocycles. The molecule has 33 atom stereocenters. The van der Waals surface area contributed by atoms with Crippen LogP contribution < -0.4 is 0 Å². The molecule has 28 aliphatic rings. The van der Waals surface area contributed by atoms with Gasteiger partial charge in [-0.3, -0.25) is 14.4 Å². The van der Waals surface area contributed by atoms with E-state index < -0.39 is 11.2 Å². The van der Waals surface area contributed by atoms with Crippen molar-refractivity contribution in [3.8, 4) is 0 Å². The number of carbonyl (C=O) groups excluding carboxylic acids is 5. The van der Waals surface area contributed by atoms with E-state index in [1.807, 2.05) is 20.8 Å². The second kappa shape index (κ2) is 42.7. The minimum absolute atomic E-state index is 0.00762. The maximum atomic E-state index is 11.4. The smallest absolute Gasteiger partial charge is 0.305 e. The zero-order chi connectivity index (χ0) is 107. The van der Waals surface area contributed by atoms with Gasteiger partial charge in [0.25, 0.3) is 0 Å². The van der Waals surface area contributed by atoms with Crippen molar-refractivity contribution in [3.05, 3.63) is 23.3 Å². The number of allylic oxidation sites excluding steroid dienone is 4. The summed E-state index contributed by atoms with van der Waals surface area (Å²) in [4.78, 5) is 56.0. The van der Waals surface area contributed by atoms with Crippen LogP contribution in [0.5, 0.6) is 0 Å². The van der Waals surface area contributed by atoms with Crippen molar-refractivity contribution in [1.29, 1.82) is 0 Å². The summed E-state index contributed by atoms with van der Waals surface area (Å²) in [6.45, 7) is 81.4. The molecule has 0 heterocycles. The molecule has 24 fully saturated rings. The summed E-state index contributed by atoms with van der Waals surface area (Å²) in [7, 11) is 0. The van der Waals surface area contributed by atoms with Gasteiger partial charge in [-0.1, -0.05) is 259 Å². The van der Waals surface area contributed by atoms with E-state index >= 15 is 0 Å². The molecular formula is C129H222O14.